The number of aliphatic hydroxyl groups is 2. The Morgan fingerprint density at radius 1 is 1.00 bits per heavy atom. The highest BCUT2D eigenvalue weighted by Crippen LogP contribution is 2.29. The third kappa shape index (κ3) is 3.30. The number of hydrogen-bond acceptors (Lipinski definition) is 5. The van der Waals surface area contributed by atoms with Gasteiger partial charge in [-0.1, -0.05) is 35.9 Å². The first-order valence-electron chi connectivity index (χ1n) is 6.70. The first-order valence-corrected chi connectivity index (χ1v) is 8.10. The molecule has 0 fully saturated rings. The van der Waals surface area contributed by atoms with E-state index in [-0.39, 0.29) is 16.2 Å². The Kier molecular flexibility index (Phi) is 4.55. The molecule has 2 aromatic rings. The standard InChI is InChI=1S/C16H18O5S/c1-10-8-11(2)15(12(3)9-10)22(19,20)21-14-7-5-4-6-13(14)16(17)18/h4-9,16-18H,1-3H3. The lowest BCUT2D eigenvalue weighted by atomic mass is 10.1. The van der Waals surface area contributed by atoms with Crippen molar-refractivity contribution in [3.63, 3.8) is 0 Å². The molecule has 5 nitrogen and oxygen atoms in total. The average molecular weight is 322 g/mol. The highest BCUT2D eigenvalue weighted by molar-refractivity contribution is 7.87. The van der Waals surface area contributed by atoms with Gasteiger partial charge in [0, 0.05) is 0 Å². The van der Waals surface area contributed by atoms with E-state index in [9.17, 15) is 18.6 Å². The quantitative estimate of drug-likeness (QED) is 0.667. The largest absolute Gasteiger partial charge is 0.378 e. The van der Waals surface area contributed by atoms with Crippen molar-refractivity contribution in [1.82, 2.24) is 0 Å². The molecule has 2 rings (SSSR count). The summed E-state index contributed by atoms with van der Waals surface area (Å²) in [6.07, 6.45) is -1.81. The van der Waals surface area contributed by atoms with Crippen LogP contribution in [0.25, 0.3) is 0 Å². The van der Waals surface area contributed by atoms with Crippen molar-refractivity contribution in [2.24, 2.45) is 0 Å². The first kappa shape index (κ1) is 16.5. The molecule has 6 heteroatoms. The van der Waals surface area contributed by atoms with Crippen LogP contribution >= 0.6 is 0 Å². The van der Waals surface area contributed by atoms with Crippen LogP contribution in [0.5, 0.6) is 5.75 Å². The van der Waals surface area contributed by atoms with E-state index in [1.165, 1.54) is 12.1 Å². The molecule has 2 aromatic carbocycles. The molecule has 0 aliphatic rings. The van der Waals surface area contributed by atoms with Gasteiger partial charge in [-0.15, -0.1) is 0 Å². The van der Waals surface area contributed by atoms with Crippen molar-refractivity contribution in [3.05, 3.63) is 58.7 Å². The predicted molar refractivity (Wildman–Crippen MR) is 82.1 cm³/mol. The van der Waals surface area contributed by atoms with Gasteiger partial charge in [0.1, 0.15) is 4.90 Å². The van der Waals surface area contributed by atoms with Crippen LogP contribution in [-0.4, -0.2) is 18.6 Å². The fraction of sp³-hybridized carbons (Fsp3) is 0.250. The van der Waals surface area contributed by atoms with E-state index in [4.69, 9.17) is 4.18 Å². The molecular formula is C16H18O5S. The van der Waals surface area contributed by atoms with Gasteiger partial charge in [-0.3, -0.25) is 0 Å². The van der Waals surface area contributed by atoms with Gasteiger partial charge in [0.2, 0.25) is 0 Å². The summed E-state index contributed by atoms with van der Waals surface area (Å²) >= 11 is 0. The molecule has 0 saturated carbocycles. The van der Waals surface area contributed by atoms with Crippen LogP contribution < -0.4 is 4.18 Å². The molecule has 0 aromatic heterocycles. The zero-order valence-corrected chi connectivity index (χ0v) is 13.4. The topological polar surface area (TPSA) is 83.8 Å². The SMILES string of the molecule is Cc1cc(C)c(S(=O)(=O)Oc2ccccc2C(O)O)c(C)c1. The summed E-state index contributed by atoms with van der Waals surface area (Å²) in [7, 11) is -4.07. The van der Waals surface area contributed by atoms with Crippen LogP contribution in [0.1, 0.15) is 28.5 Å². The summed E-state index contributed by atoms with van der Waals surface area (Å²) < 4.78 is 30.2. The summed E-state index contributed by atoms with van der Waals surface area (Å²) in [6, 6.07) is 9.42. The molecule has 0 radical (unpaired) electrons. The van der Waals surface area contributed by atoms with Crippen LogP contribution in [0.15, 0.2) is 41.3 Å². The lowest BCUT2D eigenvalue weighted by Crippen LogP contribution is -2.14. The van der Waals surface area contributed by atoms with E-state index in [1.54, 1.807) is 38.1 Å². The Morgan fingerprint density at radius 3 is 2.09 bits per heavy atom. The second-order valence-corrected chi connectivity index (χ2v) is 6.66. The van der Waals surface area contributed by atoms with Gasteiger partial charge in [0.15, 0.2) is 12.0 Å². The number of rotatable bonds is 4. The molecule has 0 atom stereocenters. The van der Waals surface area contributed by atoms with Gasteiger partial charge in [-0.25, -0.2) is 0 Å². The highest BCUT2D eigenvalue weighted by Gasteiger charge is 2.24. The van der Waals surface area contributed by atoms with Crippen molar-refractivity contribution in [1.29, 1.82) is 0 Å². The molecule has 0 aliphatic carbocycles. The number of para-hydroxylation sites is 1. The molecule has 22 heavy (non-hydrogen) atoms. The van der Waals surface area contributed by atoms with Crippen LogP contribution in [0.4, 0.5) is 0 Å². The number of aryl methyl sites for hydroxylation is 3. The van der Waals surface area contributed by atoms with E-state index in [2.05, 4.69) is 0 Å². The van der Waals surface area contributed by atoms with Gasteiger partial charge in [0.05, 0.1) is 5.56 Å². The smallest absolute Gasteiger partial charge is 0.339 e. The van der Waals surface area contributed by atoms with Crippen molar-refractivity contribution in [2.75, 3.05) is 0 Å². The molecular weight excluding hydrogens is 304 g/mol. The normalized spacial score (nSPS) is 11.7. The summed E-state index contributed by atoms with van der Waals surface area (Å²) in [4.78, 5) is 0.0975. The summed E-state index contributed by atoms with van der Waals surface area (Å²) in [5.41, 5.74) is 2.12. The molecule has 0 spiro atoms. The minimum Gasteiger partial charge on any atom is -0.378 e. The summed E-state index contributed by atoms with van der Waals surface area (Å²) in [5.74, 6) is -0.100. The van der Waals surface area contributed by atoms with Crippen LogP contribution in [0.3, 0.4) is 0 Å². The maximum absolute atomic E-state index is 12.5. The van der Waals surface area contributed by atoms with Gasteiger partial charge < -0.3 is 14.4 Å². The number of hydrogen-bond donors (Lipinski definition) is 2. The minimum atomic E-state index is -4.07. The third-order valence-corrected chi connectivity index (χ3v) is 4.79. The van der Waals surface area contributed by atoms with Gasteiger partial charge >= 0.3 is 10.1 Å². The molecule has 0 bridgehead atoms. The zero-order chi connectivity index (χ0) is 16.5. The van der Waals surface area contributed by atoms with Crippen molar-refractivity contribution in [2.45, 2.75) is 32.0 Å². The fourth-order valence-electron chi connectivity index (χ4n) is 2.49. The van der Waals surface area contributed by atoms with E-state index >= 15 is 0 Å². The maximum Gasteiger partial charge on any atom is 0.339 e. The molecule has 0 aliphatic heterocycles. The summed E-state index contributed by atoms with van der Waals surface area (Å²) in [6.45, 7) is 5.28. The number of benzene rings is 2. The zero-order valence-electron chi connectivity index (χ0n) is 12.6. The Morgan fingerprint density at radius 2 is 1.55 bits per heavy atom. The minimum absolute atomic E-state index is 0.00603. The van der Waals surface area contributed by atoms with E-state index < -0.39 is 16.4 Å². The Bertz CT molecular complexity index is 771. The molecule has 0 unspecified atom stereocenters. The van der Waals surface area contributed by atoms with E-state index in [0.29, 0.717) is 11.1 Å². The van der Waals surface area contributed by atoms with Gasteiger partial charge in [0.25, 0.3) is 0 Å². The first-order chi connectivity index (χ1) is 10.2. The van der Waals surface area contributed by atoms with Crippen molar-refractivity contribution in [3.8, 4) is 5.75 Å². The second-order valence-electron chi connectivity index (χ2n) is 5.18. The lowest BCUT2D eigenvalue weighted by Gasteiger charge is -2.15. The molecule has 0 heterocycles. The van der Waals surface area contributed by atoms with Gasteiger partial charge in [-0.2, -0.15) is 8.42 Å². The molecule has 0 saturated heterocycles. The monoisotopic (exact) mass is 322 g/mol. The highest BCUT2D eigenvalue weighted by atomic mass is 32.2. The Balaban J connectivity index is 2.50. The molecule has 118 valence electrons. The fourth-order valence-corrected chi connectivity index (χ4v) is 3.87. The van der Waals surface area contributed by atoms with Crippen molar-refractivity contribution >= 4 is 10.1 Å². The van der Waals surface area contributed by atoms with Crippen LogP contribution in [0.2, 0.25) is 0 Å². The number of aliphatic hydroxyl groups excluding tert-OH is 1. The van der Waals surface area contributed by atoms with Crippen molar-refractivity contribution < 1.29 is 22.8 Å². The maximum atomic E-state index is 12.5. The van der Waals surface area contributed by atoms with Crippen LogP contribution in [-0.2, 0) is 10.1 Å². The van der Waals surface area contributed by atoms with E-state index in [1.807, 2.05) is 6.92 Å². The Hall–Kier alpha value is -1.89. The van der Waals surface area contributed by atoms with Gasteiger partial charge in [-0.05, 0) is 38.0 Å². The van der Waals surface area contributed by atoms with E-state index in [0.717, 1.165) is 5.56 Å². The average Bonchev–Trinajstić information content (AvgIpc) is 2.36. The second kappa shape index (κ2) is 6.08. The lowest BCUT2D eigenvalue weighted by molar-refractivity contribution is -0.0433. The van der Waals surface area contributed by atoms with Crippen LogP contribution in [0, 0.1) is 20.8 Å². The Labute approximate surface area is 129 Å². The predicted octanol–water partition coefficient (Wildman–Crippen LogP) is 2.36. The summed E-state index contributed by atoms with van der Waals surface area (Å²) in [5, 5.41) is 18.6. The molecule has 2 N–H and O–H groups in total. The third-order valence-electron chi connectivity index (χ3n) is 3.25. The molecule has 0 amide bonds.